The second kappa shape index (κ2) is 10.4. The van der Waals surface area contributed by atoms with E-state index in [9.17, 15) is 14.7 Å². The van der Waals surface area contributed by atoms with Crippen molar-refractivity contribution in [3.8, 4) is 0 Å². The molecular weight excluding hydrogens is 314 g/mol. The van der Waals surface area contributed by atoms with Gasteiger partial charge in [-0.2, -0.15) is 0 Å². The molecule has 8 nitrogen and oxygen atoms in total. The Kier molecular flexibility index (Phi) is 8.56. The number of amides is 1. The third kappa shape index (κ3) is 7.28. The fourth-order valence-electron chi connectivity index (χ4n) is 1.89. The molecule has 0 unspecified atom stereocenters. The van der Waals surface area contributed by atoms with Crippen molar-refractivity contribution in [3.05, 3.63) is 30.9 Å². The monoisotopic (exact) mass is 340 g/mol. The Bertz CT molecular complexity index is 556. The smallest absolute Gasteiger partial charge is 0.407 e. The highest BCUT2D eigenvalue weighted by atomic mass is 16.6. The molecule has 0 radical (unpaired) electrons. The van der Waals surface area contributed by atoms with E-state index in [0.29, 0.717) is 18.7 Å². The minimum absolute atomic E-state index is 0.124. The molecule has 0 aromatic carbocycles. The van der Waals surface area contributed by atoms with Gasteiger partial charge in [-0.1, -0.05) is 6.58 Å². The molecule has 0 saturated carbocycles. The predicted octanol–water partition coefficient (Wildman–Crippen LogP) is 0.911. The zero-order chi connectivity index (χ0) is 17.9. The van der Waals surface area contributed by atoms with Crippen LogP contribution in [-0.2, 0) is 27.4 Å². The largest absolute Gasteiger partial charge is 0.465 e. The summed E-state index contributed by atoms with van der Waals surface area (Å²) in [6.45, 7) is 9.77. The van der Waals surface area contributed by atoms with Crippen molar-refractivity contribution in [1.29, 1.82) is 0 Å². The molecule has 24 heavy (non-hydrogen) atoms. The van der Waals surface area contributed by atoms with Crippen LogP contribution in [0.25, 0.3) is 0 Å². The lowest BCUT2D eigenvalue weighted by molar-refractivity contribution is -0.695. The molecule has 8 heteroatoms. The van der Waals surface area contributed by atoms with Gasteiger partial charge in [0.25, 0.3) is 0 Å². The summed E-state index contributed by atoms with van der Waals surface area (Å²) in [6, 6.07) is 0. The zero-order valence-electron chi connectivity index (χ0n) is 14.3. The maximum Gasteiger partial charge on any atom is 0.407 e. The lowest BCUT2D eigenvalue weighted by Crippen LogP contribution is -2.42. The van der Waals surface area contributed by atoms with E-state index >= 15 is 0 Å². The first-order chi connectivity index (χ1) is 11.4. The van der Waals surface area contributed by atoms with Crippen molar-refractivity contribution in [1.82, 2.24) is 9.47 Å². The summed E-state index contributed by atoms with van der Waals surface area (Å²) in [5.74, 6) is -0.457. The van der Waals surface area contributed by atoms with Gasteiger partial charge in [-0.25, -0.2) is 18.7 Å². The van der Waals surface area contributed by atoms with Gasteiger partial charge in [-0.05, 0) is 13.8 Å². The molecule has 134 valence electrons. The van der Waals surface area contributed by atoms with E-state index in [1.807, 2.05) is 34.8 Å². The number of imidazole rings is 1. The highest BCUT2D eigenvalue weighted by Gasteiger charge is 2.13. The zero-order valence-corrected chi connectivity index (χ0v) is 14.3. The van der Waals surface area contributed by atoms with E-state index in [-0.39, 0.29) is 26.4 Å². The number of nitrogens with zero attached hydrogens (tertiary/aromatic N) is 3. The number of ether oxygens (including phenoxy) is 2. The summed E-state index contributed by atoms with van der Waals surface area (Å²) in [6.07, 6.45) is 4.81. The number of hydrogen-bond donors (Lipinski definition) is 1. The molecule has 0 bridgehead atoms. The van der Waals surface area contributed by atoms with Gasteiger partial charge in [-0.15, -0.1) is 0 Å². The highest BCUT2D eigenvalue weighted by molar-refractivity contribution is 5.86. The van der Waals surface area contributed by atoms with Gasteiger partial charge in [-0.3, -0.25) is 0 Å². The Morgan fingerprint density at radius 1 is 1.29 bits per heavy atom. The van der Waals surface area contributed by atoms with Crippen LogP contribution in [0.1, 0.15) is 13.8 Å². The van der Waals surface area contributed by atoms with Crippen molar-refractivity contribution in [2.24, 2.45) is 0 Å². The number of esters is 1. The molecule has 1 aromatic rings. The Labute approximate surface area is 141 Å². The summed E-state index contributed by atoms with van der Waals surface area (Å²) >= 11 is 0. The van der Waals surface area contributed by atoms with Crippen LogP contribution in [0.4, 0.5) is 4.79 Å². The van der Waals surface area contributed by atoms with Crippen molar-refractivity contribution >= 4 is 12.1 Å². The van der Waals surface area contributed by atoms with Crippen molar-refractivity contribution < 1.29 is 28.7 Å². The minimum atomic E-state index is -0.983. The van der Waals surface area contributed by atoms with Crippen molar-refractivity contribution in [3.63, 3.8) is 0 Å². The second-order valence-electron chi connectivity index (χ2n) is 5.28. The molecular formula is C16H26N3O5+. The summed E-state index contributed by atoms with van der Waals surface area (Å²) in [5, 5.41) is 9.22. The standard InChI is InChI=1S/C16H25N3O5/c1-4-17-5-6-18(13-17)7-8-19(16(21)22)9-10-23-11-12-24-15(20)14(2)3/h5-6,13H,2,4,7-12H2,1,3H3/p+1. The molecule has 1 rings (SSSR count). The van der Waals surface area contributed by atoms with Crippen LogP contribution < -0.4 is 4.57 Å². The quantitative estimate of drug-likeness (QED) is 0.280. The van der Waals surface area contributed by atoms with Gasteiger partial charge >= 0.3 is 12.1 Å². The molecule has 1 amide bonds. The van der Waals surface area contributed by atoms with Crippen LogP contribution in [0.5, 0.6) is 0 Å². The molecule has 0 spiro atoms. The first kappa shape index (κ1) is 19.7. The molecule has 0 aliphatic carbocycles. The van der Waals surface area contributed by atoms with Crippen LogP contribution in [0, 0.1) is 0 Å². The minimum Gasteiger partial charge on any atom is -0.465 e. The highest BCUT2D eigenvalue weighted by Crippen LogP contribution is 1.94. The number of rotatable bonds is 11. The van der Waals surface area contributed by atoms with E-state index in [1.165, 1.54) is 4.90 Å². The second-order valence-corrected chi connectivity index (χ2v) is 5.28. The van der Waals surface area contributed by atoms with Gasteiger partial charge in [0.15, 0.2) is 0 Å². The maximum absolute atomic E-state index is 11.2. The molecule has 1 N–H and O–H groups in total. The van der Waals surface area contributed by atoms with Crippen LogP contribution in [0.3, 0.4) is 0 Å². The van der Waals surface area contributed by atoms with Gasteiger partial charge < -0.3 is 19.5 Å². The summed E-state index contributed by atoms with van der Waals surface area (Å²) in [4.78, 5) is 23.7. The molecule has 0 atom stereocenters. The predicted molar refractivity (Wildman–Crippen MR) is 86.5 cm³/mol. The van der Waals surface area contributed by atoms with Gasteiger partial charge in [0.1, 0.15) is 25.5 Å². The fraction of sp³-hybridized carbons (Fsp3) is 0.562. The third-order valence-corrected chi connectivity index (χ3v) is 3.32. The van der Waals surface area contributed by atoms with E-state index < -0.39 is 12.1 Å². The van der Waals surface area contributed by atoms with E-state index in [0.717, 1.165) is 6.54 Å². The van der Waals surface area contributed by atoms with Crippen LogP contribution in [0.15, 0.2) is 30.9 Å². The number of carboxylic acid groups (broad SMARTS) is 1. The fourth-order valence-corrected chi connectivity index (χ4v) is 1.89. The van der Waals surface area contributed by atoms with Crippen LogP contribution in [0.2, 0.25) is 0 Å². The Balaban J connectivity index is 2.22. The first-order valence-corrected chi connectivity index (χ1v) is 7.87. The average Bonchev–Trinajstić information content (AvgIpc) is 3.00. The Hall–Kier alpha value is -2.35. The normalized spacial score (nSPS) is 10.4. The van der Waals surface area contributed by atoms with Gasteiger partial charge in [0.05, 0.1) is 26.3 Å². The number of aryl methyl sites for hydroxylation is 1. The number of hydrogen-bond acceptors (Lipinski definition) is 4. The summed E-state index contributed by atoms with van der Waals surface area (Å²) in [5.41, 5.74) is 0.335. The number of carbonyl (C=O) groups is 2. The molecule has 0 fully saturated rings. The average molecular weight is 340 g/mol. The SMILES string of the molecule is C=C(C)C(=O)OCCOCCN(CC[n+]1ccn(CC)c1)C(=O)O. The molecule has 1 heterocycles. The number of carbonyl (C=O) groups excluding carboxylic acids is 1. The van der Waals surface area contributed by atoms with Gasteiger partial charge in [0, 0.05) is 12.1 Å². The van der Waals surface area contributed by atoms with Crippen molar-refractivity contribution in [2.75, 3.05) is 32.9 Å². The van der Waals surface area contributed by atoms with Crippen molar-refractivity contribution in [2.45, 2.75) is 26.9 Å². The third-order valence-electron chi connectivity index (χ3n) is 3.32. The maximum atomic E-state index is 11.2. The Morgan fingerprint density at radius 2 is 2.04 bits per heavy atom. The molecule has 0 aliphatic heterocycles. The molecule has 0 aliphatic rings. The van der Waals surface area contributed by atoms with E-state index in [1.54, 1.807) is 6.92 Å². The van der Waals surface area contributed by atoms with Crippen LogP contribution in [-0.4, -0.2) is 59.5 Å². The summed E-state index contributed by atoms with van der Waals surface area (Å²) in [7, 11) is 0. The Morgan fingerprint density at radius 3 is 2.62 bits per heavy atom. The first-order valence-electron chi connectivity index (χ1n) is 7.87. The molecule has 0 saturated heterocycles. The van der Waals surface area contributed by atoms with Crippen LogP contribution >= 0.6 is 0 Å². The number of aromatic nitrogens is 2. The topological polar surface area (TPSA) is 84.9 Å². The molecule has 1 aromatic heterocycles. The lowest BCUT2D eigenvalue weighted by atomic mass is 10.4. The van der Waals surface area contributed by atoms with E-state index in [4.69, 9.17) is 9.47 Å². The van der Waals surface area contributed by atoms with E-state index in [2.05, 4.69) is 6.58 Å². The summed E-state index contributed by atoms with van der Waals surface area (Å²) < 4.78 is 14.1. The lowest BCUT2D eigenvalue weighted by Gasteiger charge is -2.18. The van der Waals surface area contributed by atoms with Gasteiger partial charge in [0.2, 0.25) is 6.33 Å².